The van der Waals surface area contributed by atoms with Crippen molar-refractivity contribution >= 4 is 0 Å². The van der Waals surface area contributed by atoms with Crippen molar-refractivity contribution in [2.24, 2.45) is 11.8 Å². The van der Waals surface area contributed by atoms with Gasteiger partial charge in [-0.1, -0.05) is 0 Å². The Hall–Kier alpha value is -0.0800. The first kappa shape index (κ1) is 9.47. The van der Waals surface area contributed by atoms with Crippen molar-refractivity contribution < 1.29 is 4.74 Å². The predicted molar refractivity (Wildman–Crippen MR) is 53.7 cm³/mol. The molecule has 2 fully saturated rings. The molecule has 0 aromatic carbocycles. The fourth-order valence-electron chi connectivity index (χ4n) is 2.06. The highest BCUT2D eigenvalue weighted by molar-refractivity contribution is 4.79. The highest BCUT2D eigenvalue weighted by Gasteiger charge is 2.29. The Morgan fingerprint density at radius 3 is 2.85 bits per heavy atom. The van der Waals surface area contributed by atoms with Crippen LogP contribution in [0, 0.1) is 11.8 Å². The monoisotopic (exact) mass is 183 g/mol. The van der Waals surface area contributed by atoms with Gasteiger partial charge < -0.3 is 10.1 Å². The number of hydrogen-bond acceptors (Lipinski definition) is 2. The van der Waals surface area contributed by atoms with Crippen LogP contribution in [-0.2, 0) is 4.74 Å². The molecule has 0 aromatic rings. The number of rotatable bonds is 4. The number of piperidine rings is 1. The van der Waals surface area contributed by atoms with Crippen LogP contribution in [0.25, 0.3) is 0 Å². The van der Waals surface area contributed by atoms with E-state index in [0.29, 0.717) is 6.10 Å². The highest BCUT2D eigenvalue weighted by Crippen LogP contribution is 2.34. The lowest BCUT2D eigenvalue weighted by Crippen LogP contribution is -2.33. The first-order chi connectivity index (χ1) is 6.36. The maximum absolute atomic E-state index is 5.87. The summed E-state index contributed by atoms with van der Waals surface area (Å²) in [5.74, 6) is 1.66. The Balaban J connectivity index is 1.60. The first-order valence-corrected chi connectivity index (χ1v) is 5.68. The molecule has 2 rings (SSSR count). The molecule has 1 saturated carbocycles. The summed E-state index contributed by atoms with van der Waals surface area (Å²) in [6.45, 7) is 5.57. The minimum absolute atomic E-state index is 0.516. The molecule has 2 nitrogen and oxygen atoms in total. The van der Waals surface area contributed by atoms with E-state index in [1.54, 1.807) is 0 Å². The maximum atomic E-state index is 5.87. The Bertz CT molecular complexity index is 150. The van der Waals surface area contributed by atoms with Gasteiger partial charge in [-0.05, 0) is 51.0 Å². The lowest BCUT2D eigenvalue weighted by Gasteiger charge is -2.24. The van der Waals surface area contributed by atoms with Crippen molar-refractivity contribution in [3.63, 3.8) is 0 Å². The van der Waals surface area contributed by atoms with Gasteiger partial charge in [0.05, 0.1) is 12.7 Å². The maximum Gasteiger partial charge on any atom is 0.0575 e. The molecule has 0 aromatic heterocycles. The Labute approximate surface area is 81.0 Å². The van der Waals surface area contributed by atoms with Gasteiger partial charge >= 0.3 is 0 Å². The standard InChI is InChI=1S/C11H21NO/c1-9(11-4-5-11)13-8-10-3-2-6-12-7-10/h9-12H,2-8H2,1H3/t9-,10-/m1/s1. The minimum Gasteiger partial charge on any atom is -0.378 e. The van der Waals surface area contributed by atoms with Gasteiger partial charge in [-0.25, -0.2) is 0 Å². The molecule has 1 N–H and O–H groups in total. The molecule has 1 aliphatic carbocycles. The molecule has 0 amide bonds. The van der Waals surface area contributed by atoms with Crippen molar-refractivity contribution in [2.75, 3.05) is 19.7 Å². The second kappa shape index (κ2) is 4.43. The zero-order valence-corrected chi connectivity index (χ0v) is 8.59. The van der Waals surface area contributed by atoms with Gasteiger partial charge in [0.25, 0.3) is 0 Å². The van der Waals surface area contributed by atoms with Gasteiger partial charge in [0.1, 0.15) is 0 Å². The van der Waals surface area contributed by atoms with Crippen molar-refractivity contribution in [3.05, 3.63) is 0 Å². The molecule has 2 heteroatoms. The largest absolute Gasteiger partial charge is 0.378 e. The molecule has 1 heterocycles. The summed E-state index contributed by atoms with van der Waals surface area (Å²) in [4.78, 5) is 0. The molecule has 2 aliphatic rings. The van der Waals surface area contributed by atoms with Crippen LogP contribution >= 0.6 is 0 Å². The topological polar surface area (TPSA) is 21.3 Å². The van der Waals surface area contributed by atoms with Gasteiger partial charge in [-0.15, -0.1) is 0 Å². The second-order valence-electron chi connectivity index (χ2n) is 4.59. The normalized spacial score (nSPS) is 31.6. The highest BCUT2D eigenvalue weighted by atomic mass is 16.5. The summed E-state index contributed by atoms with van der Waals surface area (Å²) in [6.07, 6.45) is 5.98. The average Bonchev–Trinajstić information content (AvgIpc) is 2.99. The lowest BCUT2D eigenvalue weighted by atomic mass is 10.0. The molecule has 0 unspecified atom stereocenters. The minimum atomic E-state index is 0.516. The number of nitrogens with one attached hydrogen (secondary N) is 1. The third-order valence-electron chi connectivity index (χ3n) is 3.28. The third-order valence-corrected chi connectivity index (χ3v) is 3.28. The van der Waals surface area contributed by atoms with Crippen LogP contribution in [0.1, 0.15) is 32.6 Å². The molecule has 1 aliphatic heterocycles. The molecule has 0 radical (unpaired) electrons. The summed E-state index contributed by atoms with van der Waals surface area (Å²) in [5.41, 5.74) is 0. The Kier molecular flexibility index (Phi) is 3.23. The molecule has 76 valence electrons. The van der Waals surface area contributed by atoms with Crippen LogP contribution in [0.3, 0.4) is 0 Å². The summed E-state index contributed by atoms with van der Waals surface area (Å²) >= 11 is 0. The van der Waals surface area contributed by atoms with Crippen molar-refractivity contribution in [1.82, 2.24) is 5.32 Å². The molecular weight excluding hydrogens is 162 g/mol. The molecule has 13 heavy (non-hydrogen) atoms. The summed E-state index contributed by atoms with van der Waals surface area (Å²) in [6, 6.07) is 0. The van der Waals surface area contributed by atoms with Crippen molar-refractivity contribution in [3.8, 4) is 0 Å². The smallest absolute Gasteiger partial charge is 0.0575 e. The first-order valence-electron chi connectivity index (χ1n) is 5.68. The molecular formula is C11H21NO. The zero-order chi connectivity index (χ0) is 9.10. The van der Waals surface area contributed by atoms with E-state index in [4.69, 9.17) is 4.74 Å². The van der Waals surface area contributed by atoms with E-state index in [0.717, 1.165) is 25.0 Å². The van der Waals surface area contributed by atoms with E-state index in [1.807, 2.05) is 0 Å². The fourth-order valence-corrected chi connectivity index (χ4v) is 2.06. The second-order valence-corrected chi connectivity index (χ2v) is 4.59. The Morgan fingerprint density at radius 2 is 2.23 bits per heavy atom. The number of ether oxygens (including phenoxy) is 1. The van der Waals surface area contributed by atoms with Crippen molar-refractivity contribution in [2.45, 2.75) is 38.7 Å². The van der Waals surface area contributed by atoms with E-state index in [1.165, 1.54) is 32.2 Å². The van der Waals surface area contributed by atoms with Crippen LogP contribution in [0.5, 0.6) is 0 Å². The average molecular weight is 183 g/mol. The van der Waals surface area contributed by atoms with Crippen LogP contribution in [0.2, 0.25) is 0 Å². The fraction of sp³-hybridized carbons (Fsp3) is 1.00. The molecule has 0 spiro atoms. The van der Waals surface area contributed by atoms with E-state index >= 15 is 0 Å². The zero-order valence-electron chi connectivity index (χ0n) is 8.59. The predicted octanol–water partition coefficient (Wildman–Crippen LogP) is 1.80. The quantitative estimate of drug-likeness (QED) is 0.717. The van der Waals surface area contributed by atoms with Gasteiger partial charge in [0.15, 0.2) is 0 Å². The van der Waals surface area contributed by atoms with Gasteiger partial charge in [0.2, 0.25) is 0 Å². The van der Waals surface area contributed by atoms with Crippen LogP contribution in [0.15, 0.2) is 0 Å². The van der Waals surface area contributed by atoms with Crippen molar-refractivity contribution in [1.29, 1.82) is 0 Å². The van der Waals surface area contributed by atoms with E-state index in [9.17, 15) is 0 Å². The molecule has 1 saturated heterocycles. The van der Waals surface area contributed by atoms with Gasteiger partial charge in [-0.2, -0.15) is 0 Å². The van der Waals surface area contributed by atoms with E-state index in [2.05, 4.69) is 12.2 Å². The lowest BCUT2D eigenvalue weighted by molar-refractivity contribution is 0.0222. The summed E-state index contributed by atoms with van der Waals surface area (Å²) in [5, 5.41) is 3.42. The molecule has 2 atom stereocenters. The van der Waals surface area contributed by atoms with E-state index < -0.39 is 0 Å². The SMILES string of the molecule is C[C@@H](OC[C@@H]1CCCNC1)C1CC1. The van der Waals surface area contributed by atoms with Crippen LogP contribution in [-0.4, -0.2) is 25.8 Å². The molecule has 0 bridgehead atoms. The Morgan fingerprint density at radius 1 is 1.38 bits per heavy atom. The van der Waals surface area contributed by atoms with Crippen LogP contribution < -0.4 is 5.32 Å². The van der Waals surface area contributed by atoms with E-state index in [-0.39, 0.29) is 0 Å². The third kappa shape index (κ3) is 2.96. The van der Waals surface area contributed by atoms with Gasteiger partial charge in [0, 0.05) is 6.54 Å². The number of hydrogen-bond donors (Lipinski definition) is 1. The van der Waals surface area contributed by atoms with Crippen LogP contribution in [0.4, 0.5) is 0 Å². The van der Waals surface area contributed by atoms with Gasteiger partial charge in [-0.3, -0.25) is 0 Å². The summed E-state index contributed by atoms with van der Waals surface area (Å²) < 4.78 is 5.87. The summed E-state index contributed by atoms with van der Waals surface area (Å²) in [7, 11) is 0.